The van der Waals surface area contributed by atoms with E-state index in [4.69, 9.17) is 0 Å². The van der Waals surface area contributed by atoms with E-state index in [0.29, 0.717) is 17.2 Å². The highest BCUT2D eigenvalue weighted by Crippen LogP contribution is 2.12. The zero-order valence-electron chi connectivity index (χ0n) is 7.61. The molecule has 0 atom stereocenters. The van der Waals surface area contributed by atoms with E-state index in [1.165, 1.54) is 12.3 Å². The Morgan fingerprint density at radius 2 is 1.93 bits per heavy atom. The standard InChI is InChI=1S/C10H8FN3/c1-7-12-5-4-10(14-7)9-3-2-8(11)6-13-9/h2-6H,1H3. The highest BCUT2D eigenvalue weighted by Gasteiger charge is 2.00. The van der Waals surface area contributed by atoms with Crippen molar-refractivity contribution in [3.8, 4) is 11.4 Å². The summed E-state index contributed by atoms with van der Waals surface area (Å²) in [7, 11) is 0. The summed E-state index contributed by atoms with van der Waals surface area (Å²) in [5.74, 6) is 0.327. The van der Waals surface area contributed by atoms with Gasteiger partial charge in [-0.1, -0.05) is 0 Å². The summed E-state index contributed by atoms with van der Waals surface area (Å²) < 4.78 is 12.6. The lowest BCUT2D eigenvalue weighted by Gasteiger charge is -1.99. The van der Waals surface area contributed by atoms with Crippen LogP contribution in [-0.2, 0) is 0 Å². The minimum atomic E-state index is -0.348. The van der Waals surface area contributed by atoms with Crippen molar-refractivity contribution in [2.75, 3.05) is 0 Å². The summed E-state index contributed by atoms with van der Waals surface area (Å²) in [5, 5.41) is 0. The molecule has 2 aromatic heterocycles. The summed E-state index contributed by atoms with van der Waals surface area (Å²) in [4.78, 5) is 12.1. The average Bonchev–Trinajstić information content (AvgIpc) is 2.19. The molecule has 0 amide bonds. The molecular weight excluding hydrogens is 181 g/mol. The number of hydrogen-bond acceptors (Lipinski definition) is 3. The van der Waals surface area contributed by atoms with Crippen molar-refractivity contribution in [2.45, 2.75) is 6.92 Å². The van der Waals surface area contributed by atoms with Gasteiger partial charge in [0.15, 0.2) is 0 Å². The van der Waals surface area contributed by atoms with Gasteiger partial charge in [-0.25, -0.2) is 14.4 Å². The van der Waals surface area contributed by atoms with E-state index in [1.54, 1.807) is 25.3 Å². The predicted octanol–water partition coefficient (Wildman–Crippen LogP) is 1.99. The SMILES string of the molecule is Cc1nccc(-c2ccc(F)cn2)n1. The molecule has 4 heteroatoms. The molecule has 0 spiro atoms. The van der Waals surface area contributed by atoms with Crippen LogP contribution in [-0.4, -0.2) is 15.0 Å². The Morgan fingerprint density at radius 1 is 1.07 bits per heavy atom. The second-order valence-electron chi connectivity index (χ2n) is 2.85. The van der Waals surface area contributed by atoms with E-state index in [1.807, 2.05) is 0 Å². The maximum Gasteiger partial charge on any atom is 0.141 e. The zero-order chi connectivity index (χ0) is 9.97. The van der Waals surface area contributed by atoms with Gasteiger partial charge in [0.05, 0.1) is 17.6 Å². The van der Waals surface area contributed by atoms with Gasteiger partial charge in [0.2, 0.25) is 0 Å². The highest BCUT2D eigenvalue weighted by atomic mass is 19.1. The van der Waals surface area contributed by atoms with Crippen LogP contribution in [0.5, 0.6) is 0 Å². The summed E-state index contributed by atoms with van der Waals surface area (Å²) >= 11 is 0. The fraction of sp³-hybridized carbons (Fsp3) is 0.100. The Hall–Kier alpha value is -1.84. The molecule has 2 aromatic rings. The fourth-order valence-electron chi connectivity index (χ4n) is 1.13. The van der Waals surface area contributed by atoms with Crippen molar-refractivity contribution < 1.29 is 4.39 Å². The van der Waals surface area contributed by atoms with Gasteiger partial charge >= 0.3 is 0 Å². The number of hydrogen-bond donors (Lipinski definition) is 0. The average molecular weight is 189 g/mol. The molecule has 0 aliphatic carbocycles. The van der Waals surface area contributed by atoms with E-state index in [0.717, 1.165) is 0 Å². The molecule has 2 heterocycles. The largest absolute Gasteiger partial charge is 0.252 e. The molecule has 0 saturated heterocycles. The lowest BCUT2D eigenvalue weighted by Crippen LogP contribution is -1.91. The molecule has 0 saturated carbocycles. The Morgan fingerprint density at radius 3 is 2.57 bits per heavy atom. The smallest absolute Gasteiger partial charge is 0.141 e. The Kier molecular flexibility index (Phi) is 2.18. The van der Waals surface area contributed by atoms with Gasteiger partial charge in [-0.15, -0.1) is 0 Å². The number of aromatic nitrogens is 3. The van der Waals surface area contributed by atoms with Crippen LogP contribution in [0, 0.1) is 12.7 Å². The van der Waals surface area contributed by atoms with E-state index in [2.05, 4.69) is 15.0 Å². The van der Waals surface area contributed by atoms with Gasteiger partial charge in [-0.2, -0.15) is 0 Å². The Labute approximate surface area is 80.7 Å². The molecule has 0 aliphatic heterocycles. The first kappa shape index (κ1) is 8.74. The monoisotopic (exact) mass is 189 g/mol. The molecule has 70 valence electrons. The van der Waals surface area contributed by atoms with Crippen molar-refractivity contribution >= 4 is 0 Å². The molecule has 0 radical (unpaired) electrons. The minimum Gasteiger partial charge on any atom is -0.252 e. The van der Waals surface area contributed by atoms with Gasteiger partial charge in [0.1, 0.15) is 11.6 Å². The van der Waals surface area contributed by atoms with Crippen LogP contribution in [0.4, 0.5) is 4.39 Å². The lowest BCUT2D eigenvalue weighted by molar-refractivity contribution is 0.622. The second kappa shape index (κ2) is 3.49. The molecule has 0 aliphatic rings. The van der Waals surface area contributed by atoms with Gasteiger partial charge in [0.25, 0.3) is 0 Å². The van der Waals surface area contributed by atoms with Crippen LogP contribution in [0.15, 0.2) is 30.6 Å². The van der Waals surface area contributed by atoms with Gasteiger partial charge in [-0.05, 0) is 25.1 Å². The molecule has 0 N–H and O–H groups in total. The molecule has 0 unspecified atom stereocenters. The Balaban J connectivity index is 2.44. The normalized spacial score (nSPS) is 10.1. The van der Waals surface area contributed by atoms with E-state index in [-0.39, 0.29) is 5.82 Å². The predicted molar refractivity (Wildman–Crippen MR) is 50.0 cm³/mol. The number of nitrogens with zero attached hydrogens (tertiary/aromatic N) is 3. The van der Waals surface area contributed by atoms with Crippen LogP contribution < -0.4 is 0 Å². The molecule has 0 bridgehead atoms. The van der Waals surface area contributed by atoms with Crippen LogP contribution >= 0.6 is 0 Å². The van der Waals surface area contributed by atoms with Gasteiger partial charge in [0, 0.05) is 6.20 Å². The van der Waals surface area contributed by atoms with Crippen molar-refractivity contribution in [3.63, 3.8) is 0 Å². The lowest BCUT2D eigenvalue weighted by atomic mass is 10.2. The first-order valence-electron chi connectivity index (χ1n) is 4.17. The minimum absolute atomic E-state index is 0.348. The number of rotatable bonds is 1. The third kappa shape index (κ3) is 1.74. The van der Waals surface area contributed by atoms with Crippen molar-refractivity contribution in [3.05, 3.63) is 42.2 Å². The third-order valence-electron chi connectivity index (χ3n) is 1.77. The molecule has 14 heavy (non-hydrogen) atoms. The first-order chi connectivity index (χ1) is 6.75. The number of aryl methyl sites for hydroxylation is 1. The highest BCUT2D eigenvalue weighted by molar-refractivity contribution is 5.52. The quantitative estimate of drug-likeness (QED) is 0.688. The van der Waals surface area contributed by atoms with Gasteiger partial charge in [-0.3, -0.25) is 4.98 Å². The van der Waals surface area contributed by atoms with Crippen LogP contribution in [0.3, 0.4) is 0 Å². The van der Waals surface area contributed by atoms with E-state index < -0.39 is 0 Å². The van der Waals surface area contributed by atoms with E-state index >= 15 is 0 Å². The third-order valence-corrected chi connectivity index (χ3v) is 1.77. The summed E-state index contributed by atoms with van der Waals surface area (Å²) in [6, 6.07) is 4.70. The van der Waals surface area contributed by atoms with E-state index in [9.17, 15) is 4.39 Å². The van der Waals surface area contributed by atoms with Crippen molar-refractivity contribution in [2.24, 2.45) is 0 Å². The van der Waals surface area contributed by atoms with Crippen molar-refractivity contribution in [1.82, 2.24) is 15.0 Å². The van der Waals surface area contributed by atoms with Gasteiger partial charge < -0.3 is 0 Å². The maximum atomic E-state index is 12.6. The zero-order valence-corrected chi connectivity index (χ0v) is 7.61. The van der Waals surface area contributed by atoms with Crippen LogP contribution in [0.2, 0.25) is 0 Å². The fourth-order valence-corrected chi connectivity index (χ4v) is 1.13. The second-order valence-corrected chi connectivity index (χ2v) is 2.85. The summed E-state index contributed by atoms with van der Waals surface area (Å²) in [6.07, 6.45) is 2.83. The van der Waals surface area contributed by atoms with Crippen LogP contribution in [0.25, 0.3) is 11.4 Å². The first-order valence-corrected chi connectivity index (χ1v) is 4.17. The van der Waals surface area contributed by atoms with Crippen LogP contribution in [0.1, 0.15) is 5.82 Å². The summed E-state index contributed by atoms with van der Waals surface area (Å²) in [5.41, 5.74) is 1.36. The Bertz CT molecular complexity index is 439. The molecular formula is C10H8FN3. The molecule has 3 nitrogen and oxygen atoms in total. The number of halogens is 1. The molecule has 2 rings (SSSR count). The van der Waals surface area contributed by atoms with Crippen molar-refractivity contribution in [1.29, 1.82) is 0 Å². The maximum absolute atomic E-state index is 12.6. The molecule has 0 fully saturated rings. The topological polar surface area (TPSA) is 38.7 Å². The summed E-state index contributed by atoms with van der Waals surface area (Å²) in [6.45, 7) is 1.80. The molecule has 0 aromatic carbocycles. The number of pyridine rings is 1.